The molecule has 1 aromatic heterocycles. The average Bonchev–Trinajstić information content (AvgIpc) is 2.75. The molecule has 0 atom stereocenters. The Bertz CT molecular complexity index is 944. The molecule has 0 aliphatic heterocycles. The van der Waals surface area contributed by atoms with Crippen LogP contribution in [0.3, 0.4) is 0 Å². The zero-order valence-corrected chi connectivity index (χ0v) is 20.4. The summed E-state index contributed by atoms with van der Waals surface area (Å²) in [5.41, 5.74) is 3.98. The minimum atomic E-state index is -0.0206. The number of aromatic nitrogens is 1. The van der Waals surface area contributed by atoms with Crippen molar-refractivity contribution in [3.05, 3.63) is 45.2 Å². The van der Waals surface area contributed by atoms with E-state index in [4.69, 9.17) is 12.2 Å². The lowest BCUT2D eigenvalue weighted by Crippen LogP contribution is -2.47. The molecule has 6 heteroatoms. The molecule has 0 spiro atoms. The number of benzene rings is 1. The van der Waals surface area contributed by atoms with Crippen LogP contribution in [-0.2, 0) is 6.54 Å². The number of hydrogen-bond donors (Lipinski definition) is 2. The number of aryl methyl sites for hydroxylation is 2. The molecule has 1 saturated carbocycles. The highest BCUT2D eigenvalue weighted by molar-refractivity contribution is 7.80. The summed E-state index contributed by atoms with van der Waals surface area (Å²) in [5.74, 6) is 0. The van der Waals surface area contributed by atoms with E-state index in [0.29, 0.717) is 12.6 Å². The molecule has 1 aromatic carbocycles. The van der Waals surface area contributed by atoms with Crippen molar-refractivity contribution in [1.82, 2.24) is 20.1 Å². The Morgan fingerprint density at radius 2 is 1.81 bits per heavy atom. The fraction of sp³-hybridized carbons (Fsp3) is 0.600. The van der Waals surface area contributed by atoms with Crippen molar-refractivity contribution in [3.63, 3.8) is 0 Å². The van der Waals surface area contributed by atoms with E-state index in [-0.39, 0.29) is 5.56 Å². The maximum atomic E-state index is 12.9. The first-order valence-corrected chi connectivity index (χ1v) is 12.2. The number of pyridine rings is 1. The number of likely N-dealkylation sites (N-methyl/N-ethyl adjacent to an activating group) is 1. The van der Waals surface area contributed by atoms with Gasteiger partial charge in [-0.25, -0.2) is 0 Å². The van der Waals surface area contributed by atoms with E-state index in [2.05, 4.69) is 53.0 Å². The molecule has 0 saturated heterocycles. The quantitative estimate of drug-likeness (QED) is 0.590. The van der Waals surface area contributed by atoms with Gasteiger partial charge in [0.2, 0.25) is 0 Å². The molecule has 0 amide bonds. The smallest absolute Gasteiger partial charge is 0.253 e. The molecule has 0 bridgehead atoms. The third kappa shape index (κ3) is 6.30. The molecular formula is C25H38N4OS. The number of H-pyrrole nitrogens is 1. The number of hydrogen-bond acceptors (Lipinski definition) is 3. The third-order valence-corrected chi connectivity index (χ3v) is 6.91. The maximum Gasteiger partial charge on any atom is 0.253 e. The van der Waals surface area contributed by atoms with Crippen LogP contribution in [0.4, 0.5) is 0 Å². The molecule has 0 unspecified atom stereocenters. The van der Waals surface area contributed by atoms with Crippen molar-refractivity contribution in [3.8, 4) is 0 Å². The van der Waals surface area contributed by atoms with Gasteiger partial charge >= 0.3 is 0 Å². The number of nitrogens with zero attached hydrogens (tertiary/aromatic N) is 2. The molecule has 31 heavy (non-hydrogen) atoms. The highest BCUT2D eigenvalue weighted by atomic mass is 32.1. The fourth-order valence-corrected chi connectivity index (χ4v) is 4.94. The van der Waals surface area contributed by atoms with Crippen LogP contribution >= 0.6 is 12.2 Å². The predicted molar refractivity (Wildman–Crippen MR) is 135 cm³/mol. The molecule has 2 aromatic rings. The first-order chi connectivity index (χ1) is 14.9. The van der Waals surface area contributed by atoms with E-state index >= 15 is 0 Å². The first-order valence-electron chi connectivity index (χ1n) is 11.8. The first kappa shape index (κ1) is 23.7. The number of thiocarbonyl (C=S) groups is 1. The molecule has 5 nitrogen and oxygen atoms in total. The Kier molecular flexibility index (Phi) is 8.50. The van der Waals surface area contributed by atoms with Gasteiger partial charge in [-0.1, -0.05) is 44.7 Å². The summed E-state index contributed by atoms with van der Waals surface area (Å²) >= 11 is 5.84. The van der Waals surface area contributed by atoms with Crippen molar-refractivity contribution >= 4 is 28.2 Å². The van der Waals surface area contributed by atoms with Gasteiger partial charge in [0, 0.05) is 24.7 Å². The lowest BCUT2D eigenvalue weighted by Gasteiger charge is -2.32. The van der Waals surface area contributed by atoms with Crippen LogP contribution in [0.1, 0.15) is 62.6 Å². The van der Waals surface area contributed by atoms with E-state index in [1.54, 1.807) is 0 Å². The van der Waals surface area contributed by atoms with Crippen LogP contribution in [0.25, 0.3) is 10.9 Å². The van der Waals surface area contributed by atoms with Crippen LogP contribution in [0, 0.1) is 13.8 Å². The van der Waals surface area contributed by atoms with Gasteiger partial charge in [-0.05, 0) is 75.1 Å². The van der Waals surface area contributed by atoms with E-state index in [1.807, 2.05) is 13.0 Å². The SMILES string of the molecule is CCN(CC)CCN(Cc1cc2cc(C)cc(C)c2[nH]c1=O)C(=S)NC1CCCCC1. The van der Waals surface area contributed by atoms with Crippen molar-refractivity contribution in [1.29, 1.82) is 0 Å². The summed E-state index contributed by atoms with van der Waals surface area (Å²) in [4.78, 5) is 20.6. The largest absolute Gasteiger partial charge is 0.360 e. The van der Waals surface area contributed by atoms with Gasteiger partial charge < -0.3 is 20.1 Å². The molecule has 2 N–H and O–H groups in total. The zero-order chi connectivity index (χ0) is 22.4. The van der Waals surface area contributed by atoms with Crippen molar-refractivity contribution in [2.45, 2.75) is 72.4 Å². The number of fused-ring (bicyclic) bond motifs is 1. The highest BCUT2D eigenvalue weighted by Gasteiger charge is 2.19. The molecule has 1 heterocycles. The average molecular weight is 443 g/mol. The van der Waals surface area contributed by atoms with Gasteiger partial charge in [0.15, 0.2) is 5.11 Å². The van der Waals surface area contributed by atoms with E-state index < -0.39 is 0 Å². The predicted octanol–water partition coefficient (Wildman–Crippen LogP) is 4.50. The summed E-state index contributed by atoms with van der Waals surface area (Å²) in [6, 6.07) is 6.75. The molecule has 1 aliphatic rings. The van der Waals surface area contributed by atoms with Crippen molar-refractivity contribution < 1.29 is 0 Å². The van der Waals surface area contributed by atoms with Gasteiger partial charge in [-0.3, -0.25) is 4.79 Å². The second-order valence-corrected chi connectivity index (χ2v) is 9.29. The van der Waals surface area contributed by atoms with Gasteiger partial charge in [0.05, 0.1) is 12.1 Å². The molecular weight excluding hydrogens is 404 g/mol. The van der Waals surface area contributed by atoms with E-state index in [0.717, 1.165) is 53.3 Å². The van der Waals surface area contributed by atoms with E-state index in [1.165, 1.54) is 37.7 Å². The lowest BCUT2D eigenvalue weighted by molar-refractivity contribution is 0.261. The molecule has 3 rings (SSSR count). The van der Waals surface area contributed by atoms with Crippen LogP contribution in [0.15, 0.2) is 23.0 Å². The van der Waals surface area contributed by atoms with Gasteiger partial charge in [0.25, 0.3) is 5.56 Å². The van der Waals surface area contributed by atoms with Crippen LogP contribution in [-0.4, -0.2) is 52.1 Å². The Hall–Kier alpha value is -1.92. The van der Waals surface area contributed by atoms with Gasteiger partial charge in [-0.15, -0.1) is 0 Å². The Labute approximate surface area is 192 Å². The minimum absolute atomic E-state index is 0.0206. The standard InChI is InChI=1S/C25H38N4OS/c1-5-28(6-2)12-13-29(25(31)26-22-10-8-7-9-11-22)17-21-16-20-15-18(3)14-19(4)23(20)27-24(21)30/h14-16,22H,5-13,17H2,1-4H3,(H,26,31)(H,27,30). The molecule has 1 aliphatic carbocycles. The summed E-state index contributed by atoms with van der Waals surface area (Å²) in [7, 11) is 0. The molecule has 170 valence electrons. The Morgan fingerprint density at radius 3 is 2.48 bits per heavy atom. The fourth-order valence-electron chi connectivity index (χ4n) is 4.62. The lowest BCUT2D eigenvalue weighted by atomic mass is 9.96. The van der Waals surface area contributed by atoms with Gasteiger partial charge in [-0.2, -0.15) is 0 Å². The Morgan fingerprint density at radius 1 is 1.10 bits per heavy atom. The minimum Gasteiger partial charge on any atom is -0.360 e. The summed E-state index contributed by atoms with van der Waals surface area (Å²) in [6.07, 6.45) is 6.21. The number of rotatable bonds is 8. The normalized spacial score (nSPS) is 14.9. The Balaban J connectivity index is 1.83. The summed E-state index contributed by atoms with van der Waals surface area (Å²) in [6.45, 7) is 12.8. The number of nitrogens with one attached hydrogen (secondary N) is 2. The summed E-state index contributed by atoms with van der Waals surface area (Å²) in [5, 5.41) is 5.46. The van der Waals surface area contributed by atoms with Crippen LogP contribution < -0.4 is 10.9 Å². The second kappa shape index (κ2) is 11.1. The van der Waals surface area contributed by atoms with Crippen LogP contribution in [0.2, 0.25) is 0 Å². The summed E-state index contributed by atoms with van der Waals surface area (Å²) < 4.78 is 0. The molecule has 1 fully saturated rings. The van der Waals surface area contributed by atoms with Crippen molar-refractivity contribution in [2.24, 2.45) is 0 Å². The van der Waals surface area contributed by atoms with E-state index in [9.17, 15) is 4.79 Å². The topological polar surface area (TPSA) is 51.4 Å². The maximum absolute atomic E-state index is 12.9. The highest BCUT2D eigenvalue weighted by Crippen LogP contribution is 2.20. The van der Waals surface area contributed by atoms with Crippen molar-refractivity contribution in [2.75, 3.05) is 26.2 Å². The molecule has 0 radical (unpaired) electrons. The monoisotopic (exact) mass is 442 g/mol. The second-order valence-electron chi connectivity index (χ2n) is 8.90. The number of aromatic amines is 1. The van der Waals surface area contributed by atoms with Gasteiger partial charge in [0.1, 0.15) is 0 Å². The van der Waals surface area contributed by atoms with Crippen LogP contribution in [0.5, 0.6) is 0 Å². The zero-order valence-electron chi connectivity index (χ0n) is 19.6. The third-order valence-electron chi connectivity index (χ3n) is 6.53.